The number of pyridine rings is 1. The van der Waals surface area contributed by atoms with E-state index in [4.69, 9.17) is 26.1 Å². The molecule has 2 aromatic heterocycles. The van der Waals surface area contributed by atoms with Crippen LogP contribution in [0.25, 0.3) is 22.6 Å². The lowest BCUT2D eigenvalue weighted by molar-refractivity contribution is 0.0322. The predicted molar refractivity (Wildman–Crippen MR) is 126 cm³/mol. The second-order valence-corrected chi connectivity index (χ2v) is 8.27. The van der Waals surface area contributed by atoms with Gasteiger partial charge >= 0.3 is 0 Å². The average molecular weight is 449 g/mol. The van der Waals surface area contributed by atoms with Gasteiger partial charge < -0.3 is 14.0 Å². The summed E-state index contributed by atoms with van der Waals surface area (Å²) >= 11 is 6.24. The maximum atomic E-state index is 6.24. The van der Waals surface area contributed by atoms with Crippen LogP contribution in [-0.2, 0) is 11.3 Å². The predicted octanol–water partition coefficient (Wildman–Crippen LogP) is 4.51. The van der Waals surface area contributed by atoms with Gasteiger partial charge in [0, 0.05) is 37.9 Å². The Kier molecular flexibility index (Phi) is 6.34. The number of rotatable bonds is 7. The monoisotopic (exact) mass is 448 g/mol. The lowest BCUT2D eigenvalue weighted by Gasteiger charge is -2.26. The molecule has 0 bridgehead atoms. The molecule has 0 atom stereocenters. The van der Waals surface area contributed by atoms with Crippen molar-refractivity contribution in [1.82, 2.24) is 19.4 Å². The van der Waals surface area contributed by atoms with Crippen molar-refractivity contribution in [3.8, 4) is 17.1 Å². The summed E-state index contributed by atoms with van der Waals surface area (Å²) in [5.41, 5.74) is 3.81. The van der Waals surface area contributed by atoms with E-state index < -0.39 is 0 Å². The van der Waals surface area contributed by atoms with Crippen LogP contribution in [0.3, 0.4) is 0 Å². The van der Waals surface area contributed by atoms with Crippen LogP contribution in [0.5, 0.6) is 5.75 Å². The molecule has 6 nitrogen and oxygen atoms in total. The molecular weight excluding hydrogens is 424 g/mol. The van der Waals surface area contributed by atoms with E-state index in [2.05, 4.69) is 26.6 Å². The Balaban J connectivity index is 1.37. The third-order valence-corrected chi connectivity index (χ3v) is 5.85. The Bertz CT molecular complexity index is 1170. The summed E-state index contributed by atoms with van der Waals surface area (Å²) in [4.78, 5) is 11.6. The SMILES string of the molecule is Clc1cnc2nc(-c3ccc(OCCN4CCOCC4)cc3)n(Cc3ccccc3)c2c1. The molecule has 0 unspecified atom stereocenters. The number of aromatic nitrogens is 3. The van der Waals surface area contributed by atoms with E-state index in [1.54, 1.807) is 6.20 Å². The van der Waals surface area contributed by atoms with Crippen molar-refractivity contribution in [3.05, 3.63) is 77.4 Å². The third-order valence-electron chi connectivity index (χ3n) is 5.65. The fraction of sp³-hybridized carbons (Fsp3) is 0.280. The van der Waals surface area contributed by atoms with E-state index in [0.717, 1.165) is 55.5 Å². The molecule has 0 spiro atoms. The first-order valence-corrected chi connectivity index (χ1v) is 11.2. The molecule has 5 rings (SSSR count). The molecule has 32 heavy (non-hydrogen) atoms. The van der Waals surface area contributed by atoms with Crippen molar-refractivity contribution in [3.63, 3.8) is 0 Å². The molecule has 7 heteroatoms. The van der Waals surface area contributed by atoms with E-state index in [1.807, 2.05) is 48.5 Å². The van der Waals surface area contributed by atoms with Crippen LogP contribution in [0.2, 0.25) is 5.02 Å². The summed E-state index contributed by atoms with van der Waals surface area (Å²) < 4.78 is 13.5. The number of ether oxygens (including phenoxy) is 2. The van der Waals surface area contributed by atoms with Crippen LogP contribution in [0.15, 0.2) is 66.9 Å². The molecule has 3 heterocycles. The number of fused-ring (bicyclic) bond motifs is 1. The van der Waals surface area contributed by atoms with Crippen LogP contribution < -0.4 is 4.74 Å². The number of halogens is 1. The smallest absolute Gasteiger partial charge is 0.178 e. The number of hydrogen-bond acceptors (Lipinski definition) is 5. The van der Waals surface area contributed by atoms with E-state index in [-0.39, 0.29) is 0 Å². The normalized spacial score (nSPS) is 14.7. The fourth-order valence-corrected chi connectivity index (χ4v) is 4.10. The van der Waals surface area contributed by atoms with Gasteiger partial charge in [-0.25, -0.2) is 9.97 Å². The standard InChI is InChI=1S/C25H25ClN4O2/c26-21-16-23-24(27-17-21)28-25(30(23)18-19-4-2-1-3-5-19)20-6-8-22(9-7-20)32-15-12-29-10-13-31-14-11-29/h1-9,16-17H,10-15,18H2. The van der Waals surface area contributed by atoms with E-state index >= 15 is 0 Å². The fourth-order valence-electron chi connectivity index (χ4n) is 3.94. The maximum Gasteiger partial charge on any atom is 0.178 e. The van der Waals surface area contributed by atoms with Gasteiger partial charge in [-0.2, -0.15) is 0 Å². The molecule has 2 aromatic carbocycles. The molecule has 164 valence electrons. The van der Waals surface area contributed by atoms with Gasteiger partial charge in [0.15, 0.2) is 5.65 Å². The van der Waals surface area contributed by atoms with Gasteiger partial charge in [0.05, 0.1) is 23.8 Å². The molecule has 0 amide bonds. The summed E-state index contributed by atoms with van der Waals surface area (Å²) in [6.45, 7) is 5.80. The summed E-state index contributed by atoms with van der Waals surface area (Å²) in [5, 5.41) is 0.599. The minimum atomic E-state index is 0.599. The van der Waals surface area contributed by atoms with Crippen LogP contribution in [0.1, 0.15) is 5.56 Å². The minimum Gasteiger partial charge on any atom is -0.492 e. The van der Waals surface area contributed by atoms with Crippen molar-refractivity contribution < 1.29 is 9.47 Å². The Labute approximate surface area is 192 Å². The minimum absolute atomic E-state index is 0.599. The van der Waals surface area contributed by atoms with Crippen molar-refractivity contribution in [2.45, 2.75) is 6.54 Å². The van der Waals surface area contributed by atoms with Crippen LogP contribution in [-0.4, -0.2) is 58.9 Å². The van der Waals surface area contributed by atoms with Gasteiger partial charge in [0.1, 0.15) is 18.2 Å². The molecule has 1 aliphatic rings. The van der Waals surface area contributed by atoms with E-state index in [9.17, 15) is 0 Å². The highest BCUT2D eigenvalue weighted by atomic mass is 35.5. The summed E-state index contributed by atoms with van der Waals surface area (Å²) in [6, 6.07) is 20.4. The quantitative estimate of drug-likeness (QED) is 0.416. The third kappa shape index (κ3) is 4.78. The summed E-state index contributed by atoms with van der Waals surface area (Å²) in [6.07, 6.45) is 1.64. The Morgan fingerprint density at radius 1 is 1.00 bits per heavy atom. The molecular formula is C25H25ClN4O2. The first kappa shape index (κ1) is 20.9. The van der Waals surface area contributed by atoms with Crippen LogP contribution in [0.4, 0.5) is 0 Å². The van der Waals surface area contributed by atoms with Crippen molar-refractivity contribution in [2.75, 3.05) is 39.5 Å². The zero-order valence-corrected chi connectivity index (χ0v) is 18.5. The highest BCUT2D eigenvalue weighted by Crippen LogP contribution is 2.28. The van der Waals surface area contributed by atoms with Crippen molar-refractivity contribution in [1.29, 1.82) is 0 Å². The zero-order chi connectivity index (χ0) is 21.8. The van der Waals surface area contributed by atoms with Crippen LogP contribution in [0, 0.1) is 0 Å². The second-order valence-electron chi connectivity index (χ2n) is 7.83. The maximum absolute atomic E-state index is 6.24. The Morgan fingerprint density at radius 3 is 2.56 bits per heavy atom. The highest BCUT2D eigenvalue weighted by molar-refractivity contribution is 6.31. The van der Waals surface area contributed by atoms with E-state index in [1.165, 1.54) is 5.56 Å². The average Bonchev–Trinajstić information content (AvgIpc) is 3.18. The topological polar surface area (TPSA) is 52.4 Å². The lowest BCUT2D eigenvalue weighted by Crippen LogP contribution is -2.38. The first-order chi connectivity index (χ1) is 15.8. The number of hydrogen-bond donors (Lipinski definition) is 0. The van der Waals surface area contributed by atoms with Gasteiger partial charge in [-0.15, -0.1) is 0 Å². The highest BCUT2D eigenvalue weighted by Gasteiger charge is 2.15. The Hall–Kier alpha value is -2.93. The summed E-state index contributed by atoms with van der Waals surface area (Å²) in [5.74, 6) is 1.72. The lowest BCUT2D eigenvalue weighted by atomic mass is 10.2. The molecule has 4 aromatic rings. The zero-order valence-electron chi connectivity index (χ0n) is 17.8. The second kappa shape index (κ2) is 9.69. The van der Waals surface area contributed by atoms with Gasteiger partial charge in [-0.3, -0.25) is 4.90 Å². The molecule has 1 saturated heterocycles. The molecule has 0 aliphatic carbocycles. The largest absolute Gasteiger partial charge is 0.492 e. The number of nitrogens with zero attached hydrogens (tertiary/aromatic N) is 4. The molecule has 1 fully saturated rings. The molecule has 0 N–H and O–H groups in total. The molecule has 1 aliphatic heterocycles. The number of imidazole rings is 1. The van der Waals surface area contributed by atoms with Gasteiger partial charge in [0.2, 0.25) is 0 Å². The number of benzene rings is 2. The molecule has 0 saturated carbocycles. The van der Waals surface area contributed by atoms with Gasteiger partial charge in [0.25, 0.3) is 0 Å². The van der Waals surface area contributed by atoms with Crippen LogP contribution >= 0.6 is 11.6 Å². The van der Waals surface area contributed by atoms with Crippen molar-refractivity contribution >= 4 is 22.8 Å². The Morgan fingerprint density at radius 2 is 1.78 bits per heavy atom. The first-order valence-electron chi connectivity index (χ1n) is 10.9. The summed E-state index contributed by atoms with van der Waals surface area (Å²) in [7, 11) is 0. The van der Waals surface area contributed by atoms with Crippen molar-refractivity contribution in [2.24, 2.45) is 0 Å². The van der Waals surface area contributed by atoms with Gasteiger partial charge in [-0.05, 0) is 35.9 Å². The van der Waals surface area contributed by atoms with E-state index in [0.29, 0.717) is 23.8 Å². The number of morpholine rings is 1. The molecule has 0 radical (unpaired) electrons. The van der Waals surface area contributed by atoms with Gasteiger partial charge in [-0.1, -0.05) is 41.9 Å².